The van der Waals surface area contributed by atoms with Crippen molar-refractivity contribution >= 4 is 16.9 Å². The highest BCUT2D eigenvalue weighted by atomic mass is 16.4. The van der Waals surface area contributed by atoms with Crippen LogP contribution in [0.3, 0.4) is 0 Å². The molecule has 2 N–H and O–H groups in total. The lowest BCUT2D eigenvalue weighted by molar-refractivity contribution is 0.0710. The van der Waals surface area contributed by atoms with Crippen LogP contribution < -0.4 is 11.4 Å². The van der Waals surface area contributed by atoms with E-state index in [0.717, 1.165) is 18.2 Å². The Kier molecular flexibility index (Phi) is 3.51. The molecule has 2 aromatic rings. The van der Waals surface area contributed by atoms with Crippen LogP contribution in [0.15, 0.2) is 33.5 Å². The molecule has 1 aliphatic rings. The van der Waals surface area contributed by atoms with Crippen LogP contribution in [0.4, 0.5) is 0 Å². The van der Waals surface area contributed by atoms with E-state index in [9.17, 15) is 9.59 Å². The minimum absolute atomic E-state index is 0.142. The van der Waals surface area contributed by atoms with Crippen molar-refractivity contribution < 1.29 is 9.21 Å². The van der Waals surface area contributed by atoms with Gasteiger partial charge in [-0.05, 0) is 31.4 Å². The number of nitrogens with zero attached hydrogens (tertiary/aromatic N) is 1. The fraction of sp³-hybridized carbons (Fsp3) is 0.375. The van der Waals surface area contributed by atoms with Crippen molar-refractivity contribution in [1.29, 1.82) is 0 Å². The van der Waals surface area contributed by atoms with E-state index in [1.165, 1.54) is 0 Å². The molecule has 0 unspecified atom stereocenters. The summed E-state index contributed by atoms with van der Waals surface area (Å²) in [6.07, 6.45) is 1.54. The van der Waals surface area contributed by atoms with E-state index >= 15 is 0 Å². The summed E-state index contributed by atoms with van der Waals surface area (Å²) < 4.78 is 5.28. The van der Waals surface area contributed by atoms with Crippen molar-refractivity contribution in [3.05, 3.63) is 45.8 Å². The minimum atomic E-state index is -0.564. The number of amides is 1. The van der Waals surface area contributed by atoms with E-state index in [0.29, 0.717) is 24.2 Å². The van der Waals surface area contributed by atoms with Crippen molar-refractivity contribution in [3.8, 4) is 0 Å². The van der Waals surface area contributed by atoms with Gasteiger partial charge in [0, 0.05) is 24.5 Å². The second-order valence-corrected chi connectivity index (χ2v) is 5.52. The first-order valence-corrected chi connectivity index (χ1v) is 7.15. The zero-order valence-corrected chi connectivity index (χ0v) is 12.0. The summed E-state index contributed by atoms with van der Waals surface area (Å²) in [5.74, 6) is -0.251. The van der Waals surface area contributed by atoms with E-state index in [2.05, 4.69) is 0 Å². The van der Waals surface area contributed by atoms with E-state index in [1.807, 2.05) is 12.1 Å². The molecular weight excluding hydrogens is 268 g/mol. The molecule has 2 heterocycles. The van der Waals surface area contributed by atoms with E-state index in [1.54, 1.807) is 24.0 Å². The molecule has 0 atom stereocenters. The van der Waals surface area contributed by atoms with Gasteiger partial charge in [-0.25, -0.2) is 4.79 Å². The summed E-state index contributed by atoms with van der Waals surface area (Å²) in [6.45, 7) is 2.97. The molecule has 1 aliphatic heterocycles. The van der Waals surface area contributed by atoms with Crippen LogP contribution in [-0.4, -0.2) is 29.9 Å². The first-order chi connectivity index (χ1) is 10.1. The highest BCUT2D eigenvalue weighted by Gasteiger charge is 2.26. The average molecular weight is 286 g/mol. The van der Waals surface area contributed by atoms with Gasteiger partial charge in [0.15, 0.2) is 0 Å². The van der Waals surface area contributed by atoms with E-state index in [4.69, 9.17) is 10.2 Å². The predicted molar refractivity (Wildman–Crippen MR) is 80.3 cm³/mol. The number of hydrogen-bond donors (Lipinski definition) is 1. The van der Waals surface area contributed by atoms with Gasteiger partial charge in [0.1, 0.15) is 11.1 Å². The summed E-state index contributed by atoms with van der Waals surface area (Å²) in [7, 11) is 0. The number of carbonyl (C=O) groups is 1. The standard InChI is InChI=1S/C16H18N2O3/c1-10-12-4-2-3-5-13(12)21-16(20)14(10)15(19)18-8-6-11(17)7-9-18/h2-5,11H,6-9,17H2,1H3. The van der Waals surface area contributed by atoms with Crippen LogP contribution >= 0.6 is 0 Å². The smallest absolute Gasteiger partial charge is 0.349 e. The highest BCUT2D eigenvalue weighted by molar-refractivity contribution is 5.99. The number of piperidine rings is 1. The van der Waals surface area contributed by atoms with Crippen molar-refractivity contribution in [2.75, 3.05) is 13.1 Å². The van der Waals surface area contributed by atoms with Crippen LogP contribution in [-0.2, 0) is 0 Å². The Morgan fingerprint density at radius 2 is 1.95 bits per heavy atom. The lowest BCUT2D eigenvalue weighted by Crippen LogP contribution is -2.44. The van der Waals surface area contributed by atoms with Crippen LogP contribution in [0.5, 0.6) is 0 Å². The molecule has 1 aromatic carbocycles. The van der Waals surface area contributed by atoms with Crippen molar-refractivity contribution in [2.45, 2.75) is 25.8 Å². The lowest BCUT2D eigenvalue weighted by atomic mass is 10.0. The molecule has 21 heavy (non-hydrogen) atoms. The molecule has 0 spiro atoms. The molecule has 1 aromatic heterocycles. The molecule has 3 rings (SSSR count). The average Bonchev–Trinajstić information content (AvgIpc) is 2.48. The van der Waals surface area contributed by atoms with Crippen LogP contribution in [0.25, 0.3) is 11.0 Å². The molecule has 110 valence electrons. The Hall–Kier alpha value is -2.14. The van der Waals surface area contributed by atoms with Crippen molar-refractivity contribution in [2.24, 2.45) is 5.73 Å². The van der Waals surface area contributed by atoms with Gasteiger partial charge >= 0.3 is 5.63 Å². The van der Waals surface area contributed by atoms with Crippen molar-refractivity contribution in [1.82, 2.24) is 4.90 Å². The first-order valence-electron chi connectivity index (χ1n) is 7.15. The molecule has 1 fully saturated rings. The van der Waals surface area contributed by atoms with Crippen molar-refractivity contribution in [3.63, 3.8) is 0 Å². The molecule has 1 saturated heterocycles. The lowest BCUT2D eigenvalue weighted by Gasteiger charge is -2.30. The van der Waals surface area contributed by atoms with Crippen LogP contribution in [0, 0.1) is 6.92 Å². The molecule has 5 heteroatoms. The van der Waals surface area contributed by atoms with E-state index < -0.39 is 5.63 Å². The van der Waals surface area contributed by atoms with E-state index in [-0.39, 0.29) is 17.5 Å². The normalized spacial score (nSPS) is 16.4. The minimum Gasteiger partial charge on any atom is -0.422 e. The van der Waals surface area contributed by atoms with Gasteiger partial charge in [0.25, 0.3) is 5.91 Å². The second kappa shape index (κ2) is 5.33. The van der Waals surface area contributed by atoms with Gasteiger partial charge in [-0.3, -0.25) is 4.79 Å². The van der Waals surface area contributed by atoms with Crippen LogP contribution in [0.2, 0.25) is 0 Å². The number of benzene rings is 1. The summed E-state index contributed by atoms with van der Waals surface area (Å²) in [5.41, 5.74) is 6.62. The Labute approximate surface area is 122 Å². The maximum atomic E-state index is 12.6. The fourth-order valence-corrected chi connectivity index (χ4v) is 2.81. The van der Waals surface area contributed by atoms with Gasteiger partial charge in [0.2, 0.25) is 0 Å². The van der Waals surface area contributed by atoms with Crippen LogP contribution in [0.1, 0.15) is 28.8 Å². The largest absolute Gasteiger partial charge is 0.422 e. The summed E-state index contributed by atoms with van der Waals surface area (Å²) in [5, 5.41) is 0.800. The Morgan fingerprint density at radius 3 is 2.67 bits per heavy atom. The molecule has 5 nitrogen and oxygen atoms in total. The third kappa shape index (κ3) is 2.45. The second-order valence-electron chi connectivity index (χ2n) is 5.52. The molecule has 0 bridgehead atoms. The number of nitrogens with two attached hydrogens (primary N) is 1. The van der Waals surface area contributed by atoms with Gasteiger partial charge in [-0.2, -0.15) is 0 Å². The SMILES string of the molecule is Cc1c(C(=O)N2CCC(N)CC2)c(=O)oc2ccccc12. The zero-order chi connectivity index (χ0) is 15.0. The molecule has 0 aliphatic carbocycles. The summed E-state index contributed by atoms with van der Waals surface area (Å²) in [6, 6.07) is 7.40. The summed E-state index contributed by atoms with van der Waals surface area (Å²) in [4.78, 5) is 26.5. The quantitative estimate of drug-likeness (QED) is 0.809. The highest BCUT2D eigenvalue weighted by Crippen LogP contribution is 2.21. The number of likely N-dealkylation sites (tertiary alicyclic amines) is 1. The molecule has 0 saturated carbocycles. The maximum absolute atomic E-state index is 12.6. The number of para-hydroxylation sites is 1. The summed E-state index contributed by atoms with van der Waals surface area (Å²) >= 11 is 0. The number of hydrogen-bond acceptors (Lipinski definition) is 4. The fourth-order valence-electron chi connectivity index (χ4n) is 2.81. The monoisotopic (exact) mass is 286 g/mol. The first kappa shape index (κ1) is 13.8. The topological polar surface area (TPSA) is 76.5 Å². The number of aryl methyl sites for hydroxylation is 1. The third-order valence-corrected chi connectivity index (χ3v) is 4.11. The third-order valence-electron chi connectivity index (χ3n) is 4.11. The molecule has 1 amide bonds. The number of carbonyl (C=O) groups excluding carboxylic acids is 1. The molecular formula is C16H18N2O3. The van der Waals surface area contributed by atoms with Gasteiger partial charge in [-0.15, -0.1) is 0 Å². The van der Waals surface area contributed by atoms with Gasteiger partial charge < -0.3 is 15.1 Å². The Morgan fingerprint density at radius 1 is 1.29 bits per heavy atom. The Bertz CT molecular complexity index is 743. The number of rotatable bonds is 1. The van der Waals surface area contributed by atoms with Gasteiger partial charge in [-0.1, -0.05) is 18.2 Å². The Balaban J connectivity index is 2.04. The number of fused-ring (bicyclic) bond motifs is 1. The maximum Gasteiger partial charge on any atom is 0.349 e. The predicted octanol–water partition coefficient (Wildman–Crippen LogP) is 1.66. The van der Waals surface area contributed by atoms with Gasteiger partial charge in [0.05, 0.1) is 0 Å². The zero-order valence-electron chi connectivity index (χ0n) is 12.0. The molecule has 0 radical (unpaired) electrons.